The number of carbonyl (C=O) groups is 1. The molecule has 0 aliphatic carbocycles. The fraction of sp³-hybridized carbons (Fsp3) is 0.615. The highest BCUT2D eigenvalue weighted by Gasteiger charge is 2.16. The first kappa shape index (κ1) is 11.6. The van der Waals surface area contributed by atoms with Crippen LogP contribution < -0.4 is 4.90 Å². The van der Waals surface area contributed by atoms with Gasteiger partial charge in [-0.15, -0.1) is 11.3 Å². The molecule has 3 heteroatoms. The Morgan fingerprint density at radius 1 is 1.50 bits per heavy atom. The molecule has 0 aromatic carbocycles. The molecule has 0 radical (unpaired) electrons. The van der Waals surface area contributed by atoms with Gasteiger partial charge < -0.3 is 4.90 Å². The lowest BCUT2D eigenvalue weighted by molar-refractivity contribution is 0.112. The summed E-state index contributed by atoms with van der Waals surface area (Å²) >= 11 is 1.55. The quantitative estimate of drug-likeness (QED) is 0.749. The highest BCUT2D eigenvalue weighted by atomic mass is 32.1. The van der Waals surface area contributed by atoms with Crippen molar-refractivity contribution in [2.45, 2.75) is 32.6 Å². The number of rotatable bonds is 3. The van der Waals surface area contributed by atoms with Crippen LogP contribution in [-0.2, 0) is 0 Å². The van der Waals surface area contributed by atoms with Gasteiger partial charge in [0.1, 0.15) is 0 Å². The van der Waals surface area contributed by atoms with E-state index >= 15 is 0 Å². The van der Waals surface area contributed by atoms with Crippen molar-refractivity contribution in [3.05, 3.63) is 16.3 Å². The molecule has 1 aliphatic heterocycles. The molecule has 1 saturated heterocycles. The summed E-state index contributed by atoms with van der Waals surface area (Å²) in [4.78, 5) is 13.9. The summed E-state index contributed by atoms with van der Waals surface area (Å²) in [5.41, 5.74) is 1.24. The lowest BCUT2D eigenvalue weighted by Gasteiger charge is -2.21. The monoisotopic (exact) mass is 237 g/mol. The van der Waals surface area contributed by atoms with Gasteiger partial charge in [0.05, 0.1) is 4.88 Å². The van der Waals surface area contributed by atoms with E-state index in [9.17, 15) is 4.79 Å². The summed E-state index contributed by atoms with van der Waals surface area (Å²) in [6, 6.07) is 2.02. The summed E-state index contributed by atoms with van der Waals surface area (Å²) in [6.45, 7) is 4.58. The summed E-state index contributed by atoms with van der Waals surface area (Å²) < 4.78 is 0. The van der Waals surface area contributed by atoms with E-state index in [1.165, 1.54) is 31.4 Å². The SMILES string of the molecule is CCC1CCCN(c2csc(C=O)c2)CC1. The second kappa shape index (κ2) is 5.48. The number of hydrogen-bond acceptors (Lipinski definition) is 3. The normalized spacial score (nSPS) is 21.8. The van der Waals surface area contributed by atoms with E-state index in [2.05, 4.69) is 17.2 Å². The summed E-state index contributed by atoms with van der Waals surface area (Å²) in [7, 11) is 0. The molecule has 1 atom stereocenters. The minimum atomic E-state index is 0.839. The van der Waals surface area contributed by atoms with Crippen LogP contribution in [0.3, 0.4) is 0 Å². The minimum Gasteiger partial charge on any atom is -0.371 e. The van der Waals surface area contributed by atoms with E-state index in [1.54, 1.807) is 11.3 Å². The zero-order chi connectivity index (χ0) is 11.4. The lowest BCUT2D eigenvalue weighted by atomic mass is 9.98. The van der Waals surface area contributed by atoms with Gasteiger partial charge in [-0.25, -0.2) is 0 Å². The molecular formula is C13H19NOS. The molecule has 0 bridgehead atoms. The van der Waals surface area contributed by atoms with Gasteiger partial charge in [-0.3, -0.25) is 4.79 Å². The molecule has 2 rings (SSSR count). The predicted octanol–water partition coefficient (Wildman–Crippen LogP) is 3.58. The van der Waals surface area contributed by atoms with Crippen LogP contribution in [0.4, 0.5) is 5.69 Å². The van der Waals surface area contributed by atoms with Gasteiger partial charge in [0.2, 0.25) is 0 Å². The van der Waals surface area contributed by atoms with Crippen molar-refractivity contribution in [1.82, 2.24) is 0 Å². The van der Waals surface area contributed by atoms with Crippen LogP contribution in [0.5, 0.6) is 0 Å². The van der Waals surface area contributed by atoms with Gasteiger partial charge in [0.15, 0.2) is 6.29 Å². The second-order valence-corrected chi connectivity index (χ2v) is 5.46. The summed E-state index contributed by atoms with van der Waals surface area (Å²) in [5, 5.41) is 2.11. The van der Waals surface area contributed by atoms with Gasteiger partial charge in [-0.2, -0.15) is 0 Å². The first-order chi connectivity index (χ1) is 7.83. The van der Waals surface area contributed by atoms with Crippen LogP contribution in [-0.4, -0.2) is 19.4 Å². The van der Waals surface area contributed by atoms with Crippen LogP contribution >= 0.6 is 11.3 Å². The maximum absolute atomic E-state index is 10.7. The topological polar surface area (TPSA) is 20.3 Å². The van der Waals surface area contributed by atoms with Crippen molar-refractivity contribution < 1.29 is 4.79 Å². The molecule has 1 aliphatic rings. The fourth-order valence-corrected chi connectivity index (χ4v) is 3.12. The Morgan fingerprint density at radius 3 is 3.06 bits per heavy atom. The van der Waals surface area contributed by atoms with E-state index in [0.29, 0.717) is 0 Å². The second-order valence-electron chi connectivity index (χ2n) is 4.52. The number of hydrogen-bond donors (Lipinski definition) is 0. The Balaban J connectivity index is 2.01. The Morgan fingerprint density at radius 2 is 2.38 bits per heavy atom. The molecule has 1 aromatic heterocycles. The molecule has 0 N–H and O–H groups in total. The highest BCUT2D eigenvalue weighted by Crippen LogP contribution is 2.27. The first-order valence-electron chi connectivity index (χ1n) is 6.12. The fourth-order valence-electron chi connectivity index (χ4n) is 2.40. The van der Waals surface area contributed by atoms with Crippen molar-refractivity contribution in [1.29, 1.82) is 0 Å². The van der Waals surface area contributed by atoms with Crippen molar-refractivity contribution in [2.24, 2.45) is 5.92 Å². The predicted molar refractivity (Wildman–Crippen MR) is 69.6 cm³/mol. The van der Waals surface area contributed by atoms with Crippen molar-refractivity contribution in [2.75, 3.05) is 18.0 Å². The smallest absolute Gasteiger partial charge is 0.160 e. The molecule has 0 amide bonds. The molecule has 88 valence electrons. The van der Waals surface area contributed by atoms with Gasteiger partial charge in [0.25, 0.3) is 0 Å². The van der Waals surface area contributed by atoms with Gasteiger partial charge >= 0.3 is 0 Å². The average Bonchev–Trinajstić information content (AvgIpc) is 2.67. The third kappa shape index (κ3) is 2.64. The lowest BCUT2D eigenvalue weighted by Crippen LogP contribution is -2.23. The maximum atomic E-state index is 10.7. The third-order valence-electron chi connectivity index (χ3n) is 3.51. The molecule has 1 fully saturated rings. The highest BCUT2D eigenvalue weighted by molar-refractivity contribution is 7.12. The summed E-state index contributed by atoms with van der Waals surface area (Å²) in [5.74, 6) is 0.897. The standard InChI is InChI=1S/C13H19NOS/c1-2-11-4-3-6-14(7-5-11)12-8-13(9-15)16-10-12/h8-11H,2-7H2,1H3. The van der Waals surface area contributed by atoms with E-state index in [1.807, 2.05) is 6.07 Å². The molecule has 0 spiro atoms. The third-order valence-corrected chi connectivity index (χ3v) is 4.36. The van der Waals surface area contributed by atoms with E-state index < -0.39 is 0 Å². The number of thiophene rings is 1. The van der Waals surface area contributed by atoms with Crippen LogP contribution in [0.25, 0.3) is 0 Å². The average molecular weight is 237 g/mol. The van der Waals surface area contributed by atoms with Crippen LogP contribution in [0.15, 0.2) is 11.4 Å². The van der Waals surface area contributed by atoms with Gasteiger partial charge in [-0.1, -0.05) is 13.3 Å². The zero-order valence-electron chi connectivity index (χ0n) is 9.82. The van der Waals surface area contributed by atoms with Crippen LogP contribution in [0, 0.1) is 5.92 Å². The molecule has 1 unspecified atom stereocenters. The van der Waals surface area contributed by atoms with E-state index in [0.717, 1.165) is 30.2 Å². The molecule has 1 aromatic rings. The number of nitrogens with zero attached hydrogens (tertiary/aromatic N) is 1. The molecular weight excluding hydrogens is 218 g/mol. The van der Waals surface area contributed by atoms with E-state index in [-0.39, 0.29) is 0 Å². The molecule has 2 heterocycles. The first-order valence-corrected chi connectivity index (χ1v) is 7.00. The van der Waals surface area contributed by atoms with Gasteiger partial charge in [0, 0.05) is 24.2 Å². The van der Waals surface area contributed by atoms with Crippen LogP contribution in [0.2, 0.25) is 0 Å². The van der Waals surface area contributed by atoms with Gasteiger partial charge in [-0.05, 0) is 31.2 Å². The van der Waals surface area contributed by atoms with Crippen LogP contribution in [0.1, 0.15) is 42.3 Å². The van der Waals surface area contributed by atoms with E-state index in [4.69, 9.17) is 0 Å². The van der Waals surface area contributed by atoms with Crippen molar-refractivity contribution in [3.8, 4) is 0 Å². The number of carbonyl (C=O) groups excluding carboxylic acids is 1. The zero-order valence-corrected chi connectivity index (χ0v) is 10.6. The largest absolute Gasteiger partial charge is 0.371 e. The molecule has 16 heavy (non-hydrogen) atoms. The minimum absolute atomic E-state index is 0.839. The Kier molecular flexibility index (Phi) is 3.99. The van der Waals surface area contributed by atoms with Crippen molar-refractivity contribution >= 4 is 23.3 Å². The maximum Gasteiger partial charge on any atom is 0.160 e. The number of aldehydes is 1. The number of anilines is 1. The Bertz CT molecular complexity index is 347. The Hall–Kier alpha value is -0.830. The van der Waals surface area contributed by atoms with Crippen molar-refractivity contribution in [3.63, 3.8) is 0 Å². The molecule has 2 nitrogen and oxygen atoms in total. The molecule has 0 saturated carbocycles. The summed E-state index contributed by atoms with van der Waals surface area (Å²) in [6.07, 6.45) is 6.18. The Labute approximate surface area is 101 Å².